The Kier molecular flexibility index (Phi) is 7.60. The molecule has 0 atom stereocenters. The number of nitrogens with zero attached hydrogens (tertiary/aromatic N) is 1. The molecule has 0 aromatic heterocycles. The van der Waals surface area contributed by atoms with Crippen molar-refractivity contribution in [3.05, 3.63) is 18.2 Å². The van der Waals surface area contributed by atoms with Gasteiger partial charge in [0.25, 0.3) is 0 Å². The Labute approximate surface area is 130 Å². The summed E-state index contributed by atoms with van der Waals surface area (Å²) in [5.74, 6) is 1.36. The lowest BCUT2D eigenvalue weighted by Gasteiger charge is -2.10. The minimum atomic E-state index is -0.208. The predicted molar refractivity (Wildman–Crippen MR) is 85.5 cm³/mol. The second kappa shape index (κ2) is 9.49. The number of nitrogens with one attached hydrogen (secondary N) is 1. The van der Waals surface area contributed by atoms with Gasteiger partial charge in [-0.15, -0.1) is 0 Å². The molecule has 0 amide bonds. The van der Waals surface area contributed by atoms with Gasteiger partial charge in [0.2, 0.25) is 0 Å². The number of guanidine groups is 1. The van der Waals surface area contributed by atoms with Crippen molar-refractivity contribution in [1.29, 1.82) is 0 Å². The van der Waals surface area contributed by atoms with E-state index in [0.717, 1.165) is 18.5 Å². The van der Waals surface area contributed by atoms with Gasteiger partial charge >= 0.3 is 5.97 Å². The number of methoxy groups -OCH3 is 3. The van der Waals surface area contributed by atoms with Crippen molar-refractivity contribution in [3.63, 3.8) is 0 Å². The van der Waals surface area contributed by atoms with Crippen LogP contribution in [0.2, 0.25) is 0 Å². The summed E-state index contributed by atoms with van der Waals surface area (Å²) in [4.78, 5) is 15.1. The summed E-state index contributed by atoms with van der Waals surface area (Å²) in [7, 11) is 4.53. The van der Waals surface area contributed by atoms with Crippen LogP contribution in [-0.2, 0) is 9.53 Å². The van der Waals surface area contributed by atoms with Gasteiger partial charge < -0.3 is 25.3 Å². The first-order chi connectivity index (χ1) is 10.6. The molecule has 0 radical (unpaired) electrons. The van der Waals surface area contributed by atoms with E-state index in [0.29, 0.717) is 30.4 Å². The van der Waals surface area contributed by atoms with E-state index in [1.165, 1.54) is 7.11 Å². The van der Waals surface area contributed by atoms with E-state index < -0.39 is 0 Å². The molecule has 0 spiro atoms. The molecule has 0 saturated carbocycles. The van der Waals surface area contributed by atoms with Crippen molar-refractivity contribution >= 4 is 17.6 Å². The summed E-state index contributed by atoms with van der Waals surface area (Å²) in [6, 6.07) is 5.38. The quantitative estimate of drug-likeness (QED) is 0.329. The number of ether oxygens (including phenoxy) is 3. The van der Waals surface area contributed by atoms with E-state index in [4.69, 9.17) is 15.2 Å². The molecule has 3 N–H and O–H groups in total. The van der Waals surface area contributed by atoms with Crippen LogP contribution in [0.4, 0.5) is 5.69 Å². The number of hydrogen-bond acceptors (Lipinski definition) is 5. The highest BCUT2D eigenvalue weighted by molar-refractivity contribution is 5.92. The number of carbonyl (C=O) groups excluding carboxylic acids is 1. The van der Waals surface area contributed by atoms with Gasteiger partial charge in [0, 0.05) is 24.7 Å². The van der Waals surface area contributed by atoms with Gasteiger partial charge in [0.05, 0.1) is 21.3 Å². The lowest BCUT2D eigenvalue weighted by molar-refractivity contribution is -0.140. The molecule has 0 aliphatic heterocycles. The summed E-state index contributed by atoms with van der Waals surface area (Å²) in [5, 5.41) is 2.98. The molecular formula is C15H23N3O4. The van der Waals surface area contributed by atoms with Crippen LogP contribution in [0.25, 0.3) is 0 Å². The first-order valence-corrected chi connectivity index (χ1v) is 6.96. The predicted octanol–water partition coefficient (Wildman–Crippen LogP) is 1.77. The van der Waals surface area contributed by atoms with Crippen molar-refractivity contribution in [2.75, 3.05) is 33.2 Å². The molecule has 22 heavy (non-hydrogen) atoms. The fourth-order valence-electron chi connectivity index (χ4n) is 1.78. The number of aliphatic imine (C=N–C) groups is 1. The minimum absolute atomic E-state index is 0.208. The van der Waals surface area contributed by atoms with E-state index in [2.05, 4.69) is 15.0 Å². The second-order valence-electron chi connectivity index (χ2n) is 4.49. The monoisotopic (exact) mass is 309 g/mol. The Bertz CT molecular complexity index is 518. The maximum atomic E-state index is 10.9. The molecule has 122 valence electrons. The van der Waals surface area contributed by atoms with Crippen LogP contribution in [0.3, 0.4) is 0 Å². The largest absolute Gasteiger partial charge is 0.493 e. The number of carbonyl (C=O) groups is 1. The molecule has 0 heterocycles. The third kappa shape index (κ3) is 5.90. The van der Waals surface area contributed by atoms with E-state index >= 15 is 0 Å². The van der Waals surface area contributed by atoms with E-state index in [-0.39, 0.29) is 5.97 Å². The van der Waals surface area contributed by atoms with Gasteiger partial charge in [-0.25, -0.2) is 0 Å². The second-order valence-corrected chi connectivity index (χ2v) is 4.49. The maximum absolute atomic E-state index is 10.9. The highest BCUT2D eigenvalue weighted by Crippen LogP contribution is 2.29. The molecule has 1 aromatic rings. The van der Waals surface area contributed by atoms with Gasteiger partial charge in [0.1, 0.15) is 0 Å². The maximum Gasteiger partial charge on any atom is 0.305 e. The molecule has 0 aliphatic rings. The first-order valence-electron chi connectivity index (χ1n) is 6.96. The van der Waals surface area contributed by atoms with Crippen LogP contribution in [-0.4, -0.2) is 39.8 Å². The fourth-order valence-corrected chi connectivity index (χ4v) is 1.78. The van der Waals surface area contributed by atoms with Crippen LogP contribution in [0.5, 0.6) is 11.5 Å². The summed E-state index contributed by atoms with van der Waals surface area (Å²) in [6.07, 6.45) is 1.89. The molecule has 1 rings (SSSR count). The Hall–Kier alpha value is -2.44. The smallest absolute Gasteiger partial charge is 0.305 e. The third-order valence-corrected chi connectivity index (χ3v) is 2.95. The average Bonchev–Trinajstić information content (AvgIpc) is 2.54. The van der Waals surface area contributed by atoms with Gasteiger partial charge in [-0.1, -0.05) is 0 Å². The molecule has 7 heteroatoms. The SMILES string of the molecule is COC(=O)CCCCN=C(N)Nc1ccc(OC)c(OC)c1. The highest BCUT2D eigenvalue weighted by atomic mass is 16.5. The van der Waals surface area contributed by atoms with Crippen molar-refractivity contribution in [2.24, 2.45) is 10.7 Å². The van der Waals surface area contributed by atoms with Crippen LogP contribution >= 0.6 is 0 Å². The van der Waals surface area contributed by atoms with Gasteiger partial charge in [-0.3, -0.25) is 9.79 Å². The van der Waals surface area contributed by atoms with Crippen molar-refractivity contribution in [2.45, 2.75) is 19.3 Å². The van der Waals surface area contributed by atoms with Crippen LogP contribution in [0.15, 0.2) is 23.2 Å². The zero-order valence-corrected chi connectivity index (χ0v) is 13.2. The summed E-state index contributed by atoms with van der Waals surface area (Å²) < 4.78 is 14.9. The van der Waals surface area contributed by atoms with E-state index in [1.54, 1.807) is 26.4 Å². The Balaban J connectivity index is 2.45. The number of benzene rings is 1. The summed E-state index contributed by atoms with van der Waals surface area (Å²) in [5.41, 5.74) is 6.57. The molecule has 0 unspecified atom stereocenters. The number of hydrogen-bond donors (Lipinski definition) is 2. The zero-order valence-electron chi connectivity index (χ0n) is 13.2. The third-order valence-electron chi connectivity index (χ3n) is 2.95. The van der Waals surface area contributed by atoms with E-state index in [9.17, 15) is 4.79 Å². The topological polar surface area (TPSA) is 95.2 Å². The molecule has 0 fully saturated rings. The zero-order chi connectivity index (χ0) is 16.4. The summed E-state index contributed by atoms with van der Waals surface area (Å²) >= 11 is 0. The van der Waals surface area contributed by atoms with Crippen LogP contribution < -0.4 is 20.5 Å². The molecule has 7 nitrogen and oxygen atoms in total. The fraction of sp³-hybridized carbons (Fsp3) is 0.467. The van der Waals surface area contributed by atoms with Crippen molar-refractivity contribution in [3.8, 4) is 11.5 Å². The van der Waals surface area contributed by atoms with Crippen LogP contribution in [0.1, 0.15) is 19.3 Å². The van der Waals surface area contributed by atoms with Gasteiger partial charge in [0.15, 0.2) is 17.5 Å². The first kappa shape index (κ1) is 17.6. The average molecular weight is 309 g/mol. The molecule has 0 bridgehead atoms. The van der Waals surface area contributed by atoms with Crippen molar-refractivity contribution in [1.82, 2.24) is 0 Å². The number of esters is 1. The number of nitrogens with two attached hydrogens (primary N) is 1. The van der Waals surface area contributed by atoms with Crippen LogP contribution in [0, 0.1) is 0 Å². The van der Waals surface area contributed by atoms with Crippen molar-refractivity contribution < 1.29 is 19.0 Å². The summed E-state index contributed by atoms with van der Waals surface area (Å²) in [6.45, 7) is 0.545. The van der Waals surface area contributed by atoms with E-state index in [1.807, 2.05) is 6.07 Å². The molecule has 0 aliphatic carbocycles. The van der Waals surface area contributed by atoms with Gasteiger partial charge in [-0.2, -0.15) is 0 Å². The Morgan fingerprint density at radius 1 is 1.18 bits per heavy atom. The molecule has 0 saturated heterocycles. The highest BCUT2D eigenvalue weighted by Gasteiger charge is 2.05. The normalized spacial score (nSPS) is 11.0. The molecular weight excluding hydrogens is 286 g/mol. The number of unbranched alkanes of at least 4 members (excludes halogenated alkanes) is 1. The Morgan fingerprint density at radius 2 is 1.91 bits per heavy atom. The lowest BCUT2D eigenvalue weighted by Crippen LogP contribution is -2.22. The molecule has 1 aromatic carbocycles. The number of rotatable bonds is 8. The Morgan fingerprint density at radius 3 is 2.55 bits per heavy atom. The standard InChI is InChI=1S/C15H23N3O4/c1-20-12-8-7-11(10-13(12)21-2)18-15(16)17-9-5-4-6-14(19)22-3/h7-8,10H,4-6,9H2,1-3H3,(H3,16,17,18). The minimum Gasteiger partial charge on any atom is -0.493 e. The van der Waals surface area contributed by atoms with Gasteiger partial charge in [-0.05, 0) is 25.0 Å². The number of anilines is 1. The lowest BCUT2D eigenvalue weighted by atomic mass is 10.2.